The number of hydrogen-bond acceptors (Lipinski definition) is 7. The van der Waals surface area contributed by atoms with Crippen LogP contribution in [0.1, 0.15) is 30.3 Å². The fourth-order valence-electron chi connectivity index (χ4n) is 4.35. The zero-order valence-corrected chi connectivity index (χ0v) is 19.1. The van der Waals surface area contributed by atoms with E-state index in [4.69, 9.17) is 34.0 Å². The summed E-state index contributed by atoms with van der Waals surface area (Å²) in [5, 5.41) is 5.41. The molecule has 0 spiro atoms. The highest BCUT2D eigenvalue weighted by Gasteiger charge is 2.36. The van der Waals surface area contributed by atoms with E-state index in [2.05, 4.69) is 26.5 Å². The van der Waals surface area contributed by atoms with Crippen molar-refractivity contribution in [2.45, 2.75) is 18.9 Å². The number of rotatable bonds is 5. The zero-order valence-electron chi connectivity index (χ0n) is 18.3. The molecule has 0 radical (unpaired) electrons. The Hall–Kier alpha value is -4.08. The first-order valence-electron chi connectivity index (χ1n) is 10.7. The van der Waals surface area contributed by atoms with Crippen molar-refractivity contribution in [1.82, 2.24) is 14.9 Å². The van der Waals surface area contributed by atoms with Crippen LogP contribution in [0.15, 0.2) is 77.1 Å². The summed E-state index contributed by atoms with van der Waals surface area (Å²) in [6.45, 7) is 4.31. The van der Waals surface area contributed by atoms with Crippen LogP contribution in [0.2, 0.25) is 5.02 Å². The Morgan fingerprint density at radius 3 is 2.79 bits per heavy atom. The van der Waals surface area contributed by atoms with Gasteiger partial charge in [-0.15, -0.1) is 0 Å². The van der Waals surface area contributed by atoms with Gasteiger partial charge in [-0.05, 0) is 48.4 Å². The van der Waals surface area contributed by atoms with Gasteiger partial charge in [0, 0.05) is 28.4 Å². The number of anilines is 2. The summed E-state index contributed by atoms with van der Waals surface area (Å²) >= 11 is 6.28. The first kappa shape index (κ1) is 21.7. The number of benzene rings is 2. The number of aromatic amines is 1. The molecule has 0 aliphatic carbocycles. The lowest BCUT2D eigenvalue weighted by molar-refractivity contribution is 0.408. The van der Waals surface area contributed by atoms with Gasteiger partial charge in [-0.2, -0.15) is 5.10 Å². The number of aliphatic imine (C=N–C) groups is 1. The summed E-state index contributed by atoms with van der Waals surface area (Å²) in [7, 11) is 0. The highest BCUT2D eigenvalue weighted by Crippen LogP contribution is 2.41. The van der Waals surface area contributed by atoms with Gasteiger partial charge in [-0.3, -0.25) is 5.01 Å². The van der Waals surface area contributed by atoms with Crippen LogP contribution in [0.5, 0.6) is 0 Å². The van der Waals surface area contributed by atoms with Crippen LogP contribution in [0.3, 0.4) is 0 Å². The van der Waals surface area contributed by atoms with Crippen molar-refractivity contribution in [3.63, 3.8) is 0 Å². The number of halogens is 1. The quantitative estimate of drug-likeness (QED) is 0.145. The molecule has 2 aliphatic heterocycles. The maximum Gasteiger partial charge on any atom is 0.129 e. The fourth-order valence-corrected chi connectivity index (χ4v) is 4.53. The minimum atomic E-state index is 0.0146. The molecule has 1 aromatic heterocycles. The predicted octanol–water partition coefficient (Wildman–Crippen LogP) is 4.00. The number of H-pyrrole nitrogens is 1. The molecule has 2 aromatic carbocycles. The van der Waals surface area contributed by atoms with Gasteiger partial charge in [0.25, 0.3) is 0 Å². The van der Waals surface area contributed by atoms with Gasteiger partial charge >= 0.3 is 0 Å². The minimum absolute atomic E-state index is 0.0146. The summed E-state index contributed by atoms with van der Waals surface area (Å²) < 4.78 is 0. The van der Waals surface area contributed by atoms with Gasteiger partial charge in [0.15, 0.2) is 0 Å². The van der Waals surface area contributed by atoms with Crippen molar-refractivity contribution in [2.75, 3.05) is 10.7 Å². The Bertz CT molecular complexity index is 1340. The maximum absolute atomic E-state index is 6.28. The minimum Gasteiger partial charge on any atom is -0.399 e. The van der Waals surface area contributed by atoms with Crippen molar-refractivity contribution in [3.05, 3.63) is 83.4 Å². The number of nitrogens with zero attached hydrogens (tertiary/aromatic N) is 5. The van der Waals surface area contributed by atoms with Crippen LogP contribution in [0, 0.1) is 0 Å². The van der Waals surface area contributed by atoms with E-state index in [0.29, 0.717) is 10.7 Å². The third-order valence-electron chi connectivity index (χ3n) is 5.93. The normalized spacial score (nSPS) is 17.6. The van der Waals surface area contributed by atoms with Gasteiger partial charge < -0.3 is 21.5 Å². The van der Waals surface area contributed by atoms with Crippen molar-refractivity contribution >= 4 is 40.8 Å². The summed E-state index contributed by atoms with van der Waals surface area (Å²) in [6, 6.07) is 13.1. The molecule has 3 aromatic rings. The van der Waals surface area contributed by atoms with Crippen molar-refractivity contribution in [1.29, 1.82) is 0 Å². The Morgan fingerprint density at radius 2 is 2.03 bits per heavy atom. The molecule has 1 atom stereocenters. The number of imidazole rings is 1. The summed E-state index contributed by atoms with van der Waals surface area (Å²) in [5.74, 6) is 13.2. The van der Waals surface area contributed by atoms with Gasteiger partial charge in [0.05, 0.1) is 29.3 Å². The van der Waals surface area contributed by atoms with E-state index in [-0.39, 0.29) is 6.04 Å². The van der Waals surface area contributed by atoms with Crippen LogP contribution < -0.4 is 22.4 Å². The molecule has 1 saturated heterocycles. The van der Waals surface area contributed by atoms with Gasteiger partial charge in [0.1, 0.15) is 18.0 Å². The lowest BCUT2D eigenvalue weighted by Crippen LogP contribution is -2.31. The number of allylic oxidation sites excluding steroid dienone is 1. The van der Waals surface area contributed by atoms with Crippen molar-refractivity contribution in [3.8, 4) is 11.3 Å². The highest BCUT2D eigenvalue weighted by molar-refractivity contribution is 6.31. The second kappa shape index (κ2) is 8.69. The Labute approximate surface area is 201 Å². The number of hydrazine groups is 1. The third-order valence-corrected chi connectivity index (χ3v) is 6.17. The number of fused-ring (bicyclic) bond motifs is 1. The number of nitrogens with two attached hydrogens (primary N) is 3. The first-order valence-corrected chi connectivity index (χ1v) is 11.1. The number of nitrogen functional groups attached to an aromatic ring is 1. The Kier molecular flexibility index (Phi) is 5.56. The van der Waals surface area contributed by atoms with Crippen molar-refractivity contribution in [2.24, 2.45) is 21.8 Å². The number of hydrogen-bond donors (Lipinski definition) is 4. The molecule has 3 heterocycles. The second-order valence-corrected chi connectivity index (χ2v) is 8.55. The molecule has 0 amide bonds. The van der Waals surface area contributed by atoms with Gasteiger partial charge in [-0.25, -0.2) is 15.8 Å². The number of nitrogens with one attached hydrogen (secondary N) is 1. The van der Waals surface area contributed by atoms with E-state index >= 15 is 0 Å². The van der Waals surface area contributed by atoms with E-state index < -0.39 is 0 Å². The molecular weight excluding hydrogens is 450 g/mol. The molecule has 9 nitrogen and oxygen atoms in total. The molecule has 2 aliphatic rings. The summed E-state index contributed by atoms with van der Waals surface area (Å²) in [5.41, 5.74) is 11.5. The maximum atomic E-state index is 6.28. The second-order valence-electron chi connectivity index (χ2n) is 8.11. The number of aromatic nitrogens is 2. The van der Waals surface area contributed by atoms with E-state index in [1.807, 2.05) is 42.6 Å². The SMILES string of the molecule is C=C1C=C(c2cc(Cl)ccc2N(N)/C=N\N)N=C2CCC(c3ncc(-c4ccc(N)cc4)[nH]3)N12. The van der Waals surface area contributed by atoms with E-state index in [0.717, 1.165) is 58.4 Å². The third kappa shape index (κ3) is 3.91. The molecule has 172 valence electrons. The molecule has 0 bridgehead atoms. The van der Waals surface area contributed by atoms with Crippen LogP contribution in [-0.4, -0.2) is 27.0 Å². The average Bonchev–Trinajstić information content (AvgIpc) is 3.47. The van der Waals surface area contributed by atoms with Crippen LogP contribution >= 0.6 is 11.6 Å². The number of hydrazone groups is 1. The standard InChI is InChI=1S/C24H24ClN9/c1-14-10-19(18-11-16(25)4-7-21(18)33(28)13-30-27)31-23-9-8-22(34(14)23)24-29-12-20(32-24)15-2-5-17(26)6-3-15/h2-7,10-13,22H,1,8-9,26-28H2,(H,29,32)/b30-13-. The topological polar surface area (TPSA) is 138 Å². The van der Waals surface area contributed by atoms with E-state index in [1.54, 1.807) is 12.1 Å². The monoisotopic (exact) mass is 473 g/mol. The molecule has 0 saturated carbocycles. The van der Waals surface area contributed by atoms with Crippen LogP contribution in [-0.2, 0) is 0 Å². The molecule has 10 heteroatoms. The van der Waals surface area contributed by atoms with Gasteiger partial charge in [0.2, 0.25) is 0 Å². The van der Waals surface area contributed by atoms with Crippen LogP contribution in [0.25, 0.3) is 17.0 Å². The molecule has 5 rings (SSSR count). The molecule has 1 fully saturated rings. The predicted molar refractivity (Wildman–Crippen MR) is 138 cm³/mol. The van der Waals surface area contributed by atoms with Gasteiger partial charge in [-0.1, -0.05) is 30.3 Å². The first-order chi connectivity index (χ1) is 16.4. The highest BCUT2D eigenvalue weighted by atomic mass is 35.5. The van der Waals surface area contributed by atoms with Crippen molar-refractivity contribution < 1.29 is 0 Å². The Morgan fingerprint density at radius 1 is 1.24 bits per heavy atom. The molecular formula is C24H24ClN9. The van der Waals surface area contributed by atoms with Crippen LogP contribution in [0.4, 0.5) is 11.4 Å². The lowest BCUT2D eigenvalue weighted by atomic mass is 10.1. The number of amidine groups is 1. The zero-order chi connectivity index (χ0) is 23.8. The Balaban J connectivity index is 1.44. The summed E-state index contributed by atoms with van der Waals surface area (Å²) in [4.78, 5) is 15.2. The summed E-state index contributed by atoms with van der Waals surface area (Å²) in [6.07, 6.45) is 6.74. The molecule has 7 N–H and O–H groups in total. The molecule has 1 unspecified atom stereocenters. The molecule has 34 heavy (non-hydrogen) atoms. The van der Waals surface area contributed by atoms with E-state index in [9.17, 15) is 0 Å². The average molecular weight is 474 g/mol. The largest absolute Gasteiger partial charge is 0.399 e. The van der Waals surface area contributed by atoms with E-state index in [1.165, 1.54) is 11.3 Å². The lowest BCUT2D eigenvalue weighted by Gasteiger charge is -2.30. The fraction of sp³-hybridized carbons (Fsp3) is 0.125. The smallest absolute Gasteiger partial charge is 0.129 e.